The smallest absolute Gasteiger partial charge is 0.273 e. The SMILES string of the molecule is C#Cc1c(-c2nc(Nc3n[nH]c(C)n3)c3ccccc3n2)ccc2[nH][nH]c(=O)c12. The van der Waals surface area contributed by atoms with Crippen LogP contribution >= 0.6 is 0 Å². The summed E-state index contributed by atoms with van der Waals surface area (Å²) in [7, 11) is 0. The Labute approximate surface area is 163 Å². The van der Waals surface area contributed by atoms with Crippen LogP contribution in [-0.2, 0) is 0 Å². The van der Waals surface area contributed by atoms with E-state index < -0.39 is 0 Å². The Morgan fingerprint density at radius 1 is 1.07 bits per heavy atom. The summed E-state index contributed by atoms with van der Waals surface area (Å²) < 4.78 is 0. The molecule has 140 valence electrons. The number of aromatic amines is 3. The fourth-order valence-corrected chi connectivity index (χ4v) is 3.26. The lowest BCUT2D eigenvalue weighted by atomic mass is 10.0. The van der Waals surface area contributed by atoms with Crippen LogP contribution in [0.2, 0.25) is 0 Å². The predicted octanol–water partition coefficient (Wildman–Crippen LogP) is 2.62. The Bertz CT molecular complexity index is 1480. The summed E-state index contributed by atoms with van der Waals surface area (Å²) in [5.74, 6) is 4.62. The summed E-state index contributed by atoms with van der Waals surface area (Å²) in [6.07, 6.45) is 5.75. The summed E-state index contributed by atoms with van der Waals surface area (Å²) >= 11 is 0. The van der Waals surface area contributed by atoms with Gasteiger partial charge in [0.05, 0.1) is 22.0 Å². The second-order valence-corrected chi connectivity index (χ2v) is 6.42. The van der Waals surface area contributed by atoms with Crippen LogP contribution in [0.3, 0.4) is 0 Å². The topological polar surface area (TPSA) is 128 Å². The van der Waals surface area contributed by atoms with Crippen LogP contribution in [0.15, 0.2) is 41.2 Å². The van der Waals surface area contributed by atoms with Crippen LogP contribution in [0.4, 0.5) is 11.8 Å². The lowest BCUT2D eigenvalue weighted by molar-refractivity contribution is 1.04. The Hall–Kier alpha value is -4.45. The highest BCUT2D eigenvalue weighted by Crippen LogP contribution is 2.30. The monoisotopic (exact) mass is 382 g/mol. The average molecular weight is 382 g/mol. The maximum atomic E-state index is 12.2. The summed E-state index contributed by atoms with van der Waals surface area (Å²) in [6.45, 7) is 1.81. The van der Waals surface area contributed by atoms with E-state index in [0.29, 0.717) is 45.4 Å². The molecule has 3 heterocycles. The Kier molecular flexibility index (Phi) is 3.64. The molecule has 0 saturated carbocycles. The van der Waals surface area contributed by atoms with Crippen molar-refractivity contribution < 1.29 is 0 Å². The first-order chi connectivity index (χ1) is 14.1. The number of H-pyrrole nitrogens is 3. The number of aromatic nitrogens is 7. The van der Waals surface area contributed by atoms with Crippen molar-refractivity contribution in [3.63, 3.8) is 0 Å². The lowest BCUT2D eigenvalue weighted by Crippen LogP contribution is -2.03. The van der Waals surface area contributed by atoms with E-state index in [4.69, 9.17) is 6.42 Å². The number of rotatable bonds is 3. The quantitative estimate of drug-likeness (QED) is 0.355. The molecule has 29 heavy (non-hydrogen) atoms. The summed E-state index contributed by atoms with van der Waals surface area (Å²) in [4.78, 5) is 25.8. The number of hydrogen-bond donors (Lipinski definition) is 4. The van der Waals surface area contributed by atoms with Gasteiger partial charge in [-0.2, -0.15) is 4.98 Å². The van der Waals surface area contributed by atoms with Crippen molar-refractivity contribution in [1.29, 1.82) is 0 Å². The fourth-order valence-electron chi connectivity index (χ4n) is 3.26. The van der Waals surface area contributed by atoms with Crippen molar-refractivity contribution in [3.05, 3.63) is 58.1 Å². The van der Waals surface area contributed by atoms with Gasteiger partial charge in [0.2, 0.25) is 5.95 Å². The van der Waals surface area contributed by atoms with E-state index in [1.165, 1.54) is 0 Å². The fraction of sp³-hybridized carbons (Fsp3) is 0.0500. The highest BCUT2D eigenvalue weighted by molar-refractivity contribution is 5.95. The van der Waals surface area contributed by atoms with Crippen molar-refractivity contribution in [2.45, 2.75) is 6.92 Å². The minimum absolute atomic E-state index is 0.287. The Morgan fingerprint density at radius 2 is 1.93 bits per heavy atom. The molecule has 0 unspecified atom stereocenters. The van der Waals surface area contributed by atoms with E-state index in [1.54, 1.807) is 12.1 Å². The zero-order valence-corrected chi connectivity index (χ0v) is 15.2. The average Bonchev–Trinajstić information content (AvgIpc) is 3.32. The molecule has 2 aromatic carbocycles. The number of aryl methyl sites for hydroxylation is 1. The largest absolute Gasteiger partial charge is 0.307 e. The molecule has 9 nitrogen and oxygen atoms in total. The molecular formula is C20H14N8O. The molecule has 9 heteroatoms. The van der Waals surface area contributed by atoms with Crippen LogP contribution in [0.25, 0.3) is 33.2 Å². The molecule has 0 radical (unpaired) electrons. The molecule has 0 atom stereocenters. The normalized spacial score (nSPS) is 11.0. The van der Waals surface area contributed by atoms with Gasteiger partial charge in [0.1, 0.15) is 11.6 Å². The zero-order valence-electron chi connectivity index (χ0n) is 15.2. The number of benzene rings is 2. The third kappa shape index (κ3) is 2.71. The number of fused-ring (bicyclic) bond motifs is 2. The van der Waals surface area contributed by atoms with E-state index in [1.807, 2.05) is 31.2 Å². The first-order valence-electron chi connectivity index (χ1n) is 8.77. The van der Waals surface area contributed by atoms with Crippen molar-refractivity contribution >= 4 is 33.6 Å². The molecule has 0 aliphatic heterocycles. The van der Waals surface area contributed by atoms with Crippen LogP contribution in [0.5, 0.6) is 0 Å². The second kappa shape index (κ2) is 6.31. The first-order valence-corrected chi connectivity index (χ1v) is 8.77. The minimum atomic E-state index is -0.287. The van der Waals surface area contributed by atoms with Gasteiger partial charge in [0.25, 0.3) is 5.56 Å². The number of hydrogen-bond acceptors (Lipinski definition) is 6. The molecule has 0 spiro atoms. The number of nitrogens with one attached hydrogen (secondary N) is 4. The van der Waals surface area contributed by atoms with E-state index in [9.17, 15) is 4.79 Å². The maximum Gasteiger partial charge on any atom is 0.273 e. The number of anilines is 2. The van der Waals surface area contributed by atoms with Gasteiger partial charge >= 0.3 is 0 Å². The molecule has 5 rings (SSSR count). The van der Waals surface area contributed by atoms with Crippen molar-refractivity contribution in [2.24, 2.45) is 0 Å². The highest BCUT2D eigenvalue weighted by Gasteiger charge is 2.17. The van der Waals surface area contributed by atoms with E-state index in [0.717, 1.165) is 10.9 Å². The Balaban J connectivity index is 1.76. The maximum absolute atomic E-state index is 12.2. The molecule has 5 aromatic rings. The van der Waals surface area contributed by atoms with E-state index in [-0.39, 0.29) is 5.56 Å². The van der Waals surface area contributed by atoms with Gasteiger partial charge in [-0.15, -0.1) is 11.5 Å². The van der Waals surface area contributed by atoms with Crippen LogP contribution in [-0.4, -0.2) is 35.3 Å². The van der Waals surface area contributed by atoms with Gasteiger partial charge in [0.15, 0.2) is 5.82 Å². The number of para-hydroxylation sites is 1. The Morgan fingerprint density at radius 3 is 2.72 bits per heavy atom. The second-order valence-electron chi connectivity index (χ2n) is 6.42. The van der Waals surface area contributed by atoms with Crippen LogP contribution < -0.4 is 10.9 Å². The van der Waals surface area contributed by atoms with Gasteiger partial charge in [-0.25, -0.2) is 9.97 Å². The van der Waals surface area contributed by atoms with Crippen molar-refractivity contribution in [2.75, 3.05) is 5.32 Å². The zero-order chi connectivity index (χ0) is 20.0. The molecule has 4 N–H and O–H groups in total. The number of terminal acetylenes is 1. The molecule has 0 saturated heterocycles. The first kappa shape index (κ1) is 16.7. The van der Waals surface area contributed by atoms with Crippen LogP contribution in [0.1, 0.15) is 11.4 Å². The summed E-state index contributed by atoms with van der Waals surface area (Å²) in [6, 6.07) is 11.1. The van der Waals surface area contributed by atoms with Crippen molar-refractivity contribution in [3.8, 4) is 23.7 Å². The summed E-state index contributed by atoms with van der Waals surface area (Å²) in [5, 5.41) is 16.6. The van der Waals surface area contributed by atoms with Crippen molar-refractivity contribution in [1.82, 2.24) is 35.3 Å². The molecule has 0 aliphatic rings. The molecule has 0 aliphatic carbocycles. The third-order valence-corrected chi connectivity index (χ3v) is 4.56. The molecule has 0 fully saturated rings. The minimum Gasteiger partial charge on any atom is -0.307 e. The standard InChI is InChI=1S/C20H14N8O/c1-3-11-12(8-9-15-16(11)19(29)27-26-15)17-22-14-7-5-4-6-13(14)18(23-17)24-20-21-10(2)25-28-20/h1,4-9H,2H3,(H2,26,27,29)(H2,21,22,23,24,25,28). The number of nitrogens with zero attached hydrogens (tertiary/aromatic N) is 4. The van der Waals surface area contributed by atoms with Gasteiger partial charge in [-0.1, -0.05) is 18.1 Å². The third-order valence-electron chi connectivity index (χ3n) is 4.56. The highest BCUT2D eigenvalue weighted by atomic mass is 16.1. The predicted molar refractivity (Wildman–Crippen MR) is 110 cm³/mol. The molecule has 0 amide bonds. The van der Waals surface area contributed by atoms with Gasteiger partial charge < -0.3 is 5.32 Å². The molecule has 0 bridgehead atoms. The molecule has 3 aromatic heterocycles. The van der Waals surface area contributed by atoms with Gasteiger partial charge in [-0.05, 0) is 31.2 Å². The van der Waals surface area contributed by atoms with E-state index >= 15 is 0 Å². The summed E-state index contributed by atoms with van der Waals surface area (Å²) in [5.41, 5.74) is 2.08. The van der Waals surface area contributed by atoms with Gasteiger partial charge in [-0.3, -0.25) is 20.1 Å². The van der Waals surface area contributed by atoms with Crippen LogP contribution in [0, 0.1) is 19.3 Å². The van der Waals surface area contributed by atoms with Gasteiger partial charge in [0, 0.05) is 10.9 Å². The lowest BCUT2D eigenvalue weighted by Gasteiger charge is -2.10. The molecular weight excluding hydrogens is 368 g/mol. The van der Waals surface area contributed by atoms with E-state index in [2.05, 4.69) is 46.6 Å².